The molecule has 10 nitrogen and oxygen atoms in total. The Kier molecular flexibility index (Phi) is 6.64. The molecular formula is C22H25N3O7. The van der Waals surface area contributed by atoms with E-state index in [2.05, 4.69) is 4.98 Å². The first-order valence-electron chi connectivity index (χ1n) is 9.95. The van der Waals surface area contributed by atoms with Crippen molar-refractivity contribution in [2.24, 2.45) is 0 Å². The number of amides is 1. The number of pyridine rings is 1. The molecule has 0 aliphatic heterocycles. The zero-order valence-electron chi connectivity index (χ0n) is 18.6. The van der Waals surface area contributed by atoms with Crippen molar-refractivity contribution in [1.29, 1.82) is 0 Å². The summed E-state index contributed by atoms with van der Waals surface area (Å²) in [5.41, 5.74) is 0.0948. The van der Waals surface area contributed by atoms with E-state index in [1.165, 1.54) is 13.1 Å². The predicted molar refractivity (Wildman–Crippen MR) is 118 cm³/mol. The fourth-order valence-corrected chi connectivity index (χ4v) is 2.83. The molecule has 0 saturated heterocycles. The van der Waals surface area contributed by atoms with Gasteiger partial charge >= 0.3 is 11.9 Å². The Morgan fingerprint density at radius 2 is 1.97 bits per heavy atom. The van der Waals surface area contributed by atoms with Crippen LogP contribution < -0.4 is 9.64 Å². The lowest BCUT2D eigenvalue weighted by molar-refractivity contribution is -0.388. The third kappa shape index (κ3) is 5.33. The van der Waals surface area contributed by atoms with Crippen molar-refractivity contribution in [3.8, 4) is 17.2 Å². The van der Waals surface area contributed by atoms with Crippen LogP contribution >= 0.6 is 0 Å². The summed E-state index contributed by atoms with van der Waals surface area (Å²) in [5.74, 6) is 0.458. The maximum absolute atomic E-state index is 12.3. The number of carbonyl (C=O) groups is 1. The molecule has 1 amide bonds. The van der Waals surface area contributed by atoms with Crippen LogP contribution in [0.4, 0.5) is 16.3 Å². The molecule has 32 heavy (non-hydrogen) atoms. The number of rotatable bonds is 7. The van der Waals surface area contributed by atoms with Crippen molar-refractivity contribution in [2.45, 2.75) is 33.3 Å². The van der Waals surface area contributed by atoms with Crippen LogP contribution in [0.25, 0.3) is 22.4 Å². The van der Waals surface area contributed by atoms with Gasteiger partial charge in [0.05, 0.1) is 0 Å². The topological polar surface area (TPSA) is 117 Å². The Hall–Kier alpha value is -3.66. The first kappa shape index (κ1) is 23.0. The summed E-state index contributed by atoms with van der Waals surface area (Å²) in [6.07, 6.45) is -0.724. The first-order chi connectivity index (χ1) is 15.1. The molecule has 1 aromatic carbocycles. The van der Waals surface area contributed by atoms with Crippen LogP contribution in [0.2, 0.25) is 0 Å². The summed E-state index contributed by atoms with van der Waals surface area (Å²) in [7, 11) is 1.39. The molecule has 0 fully saturated rings. The van der Waals surface area contributed by atoms with Gasteiger partial charge in [-0.25, -0.2) is 4.79 Å². The summed E-state index contributed by atoms with van der Waals surface area (Å²) < 4.78 is 21.8. The highest BCUT2D eigenvalue weighted by molar-refractivity contribution is 5.90. The fraction of sp³-hybridized carbons (Fsp3) is 0.364. The standard InChI is InChI=1S/C22H25N3O7/c1-6-29-13-30-15-7-10-18-14(11-15)12-19(31-18)16-8-9-17(20(23-16)25(27)28)24(5)21(26)32-22(2,3)4/h7-12H,6,13H2,1-5H3. The summed E-state index contributed by atoms with van der Waals surface area (Å²) in [6, 6.07) is 9.96. The Balaban J connectivity index is 1.91. The van der Waals surface area contributed by atoms with Gasteiger partial charge in [0.15, 0.2) is 12.6 Å². The number of aromatic nitrogens is 1. The number of furan rings is 1. The van der Waals surface area contributed by atoms with Crippen molar-refractivity contribution < 1.29 is 28.3 Å². The van der Waals surface area contributed by atoms with Crippen LogP contribution in [0.15, 0.2) is 40.8 Å². The summed E-state index contributed by atoms with van der Waals surface area (Å²) in [5, 5.41) is 12.4. The van der Waals surface area contributed by atoms with Gasteiger partial charge in [-0.2, -0.15) is 0 Å². The average Bonchev–Trinajstić information content (AvgIpc) is 3.15. The molecule has 3 rings (SSSR count). The van der Waals surface area contributed by atoms with Crippen molar-refractivity contribution in [3.05, 3.63) is 46.5 Å². The monoisotopic (exact) mass is 443 g/mol. The molecule has 0 radical (unpaired) electrons. The zero-order valence-corrected chi connectivity index (χ0v) is 18.6. The number of fused-ring (bicyclic) bond motifs is 1. The lowest BCUT2D eigenvalue weighted by Crippen LogP contribution is -2.34. The molecule has 170 valence electrons. The van der Waals surface area contributed by atoms with Gasteiger partial charge in [-0.15, -0.1) is 0 Å². The van der Waals surface area contributed by atoms with E-state index in [0.29, 0.717) is 23.7 Å². The van der Waals surface area contributed by atoms with E-state index in [1.807, 2.05) is 6.92 Å². The van der Waals surface area contributed by atoms with Gasteiger partial charge in [0.2, 0.25) is 5.69 Å². The molecule has 2 aromatic heterocycles. The number of hydrogen-bond acceptors (Lipinski definition) is 8. The van der Waals surface area contributed by atoms with Gasteiger partial charge in [0, 0.05) is 19.0 Å². The second kappa shape index (κ2) is 9.23. The lowest BCUT2D eigenvalue weighted by atomic mass is 10.2. The number of nitro groups is 1. The van der Waals surface area contributed by atoms with E-state index in [4.69, 9.17) is 18.6 Å². The lowest BCUT2D eigenvalue weighted by Gasteiger charge is -2.24. The summed E-state index contributed by atoms with van der Waals surface area (Å²) in [4.78, 5) is 28.5. The summed E-state index contributed by atoms with van der Waals surface area (Å²) in [6.45, 7) is 7.68. The Bertz CT molecular complexity index is 1130. The molecule has 0 bridgehead atoms. The third-order valence-corrected chi connectivity index (χ3v) is 4.31. The number of hydrogen-bond donors (Lipinski definition) is 0. The maximum Gasteiger partial charge on any atom is 0.414 e. The predicted octanol–water partition coefficient (Wildman–Crippen LogP) is 5.15. The van der Waals surface area contributed by atoms with E-state index in [0.717, 1.165) is 10.3 Å². The van der Waals surface area contributed by atoms with E-state index in [-0.39, 0.29) is 18.2 Å². The Labute approximate surface area is 184 Å². The van der Waals surface area contributed by atoms with Gasteiger partial charge in [-0.3, -0.25) is 4.90 Å². The number of nitrogens with zero attached hydrogens (tertiary/aromatic N) is 3. The molecule has 0 spiro atoms. The molecule has 0 N–H and O–H groups in total. The molecule has 0 saturated carbocycles. The minimum absolute atomic E-state index is 0.00993. The molecule has 3 aromatic rings. The molecule has 0 aliphatic carbocycles. The zero-order chi connectivity index (χ0) is 23.5. The third-order valence-electron chi connectivity index (χ3n) is 4.31. The minimum Gasteiger partial charge on any atom is -0.468 e. The quantitative estimate of drug-likeness (QED) is 0.213. The van der Waals surface area contributed by atoms with E-state index in [9.17, 15) is 14.9 Å². The van der Waals surface area contributed by atoms with Crippen LogP contribution in [0.5, 0.6) is 5.75 Å². The summed E-state index contributed by atoms with van der Waals surface area (Å²) >= 11 is 0. The van der Waals surface area contributed by atoms with E-state index >= 15 is 0 Å². The van der Waals surface area contributed by atoms with Crippen molar-refractivity contribution in [2.75, 3.05) is 25.3 Å². The smallest absolute Gasteiger partial charge is 0.414 e. The molecule has 10 heteroatoms. The van der Waals surface area contributed by atoms with Crippen LogP contribution in [-0.4, -0.2) is 42.0 Å². The minimum atomic E-state index is -0.743. The molecule has 0 aliphatic rings. The van der Waals surface area contributed by atoms with Gasteiger partial charge < -0.3 is 28.7 Å². The highest BCUT2D eigenvalue weighted by Gasteiger charge is 2.28. The molecule has 2 heterocycles. The molecule has 0 atom stereocenters. The van der Waals surface area contributed by atoms with Crippen molar-refractivity contribution >= 4 is 28.6 Å². The second-order valence-corrected chi connectivity index (χ2v) is 7.90. The van der Waals surface area contributed by atoms with Crippen LogP contribution in [0.3, 0.4) is 0 Å². The van der Waals surface area contributed by atoms with Crippen LogP contribution in [0, 0.1) is 10.1 Å². The maximum atomic E-state index is 12.3. The van der Waals surface area contributed by atoms with Crippen molar-refractivity contribution in [3.63, 3.8) is 0 Å². The fourth-order valence-electron chi connectivity index (χ4n) is 2.83. The van der Waals surface area contributed by atoms with Gasteiger partial charge in [0.1, 0.15) is 22.6 Å². The highest BCUT2D eigenvalue weighted by atomic mass is 16.7. The van der Waals surface area contributed by atoms with Crippen LogP contribution in [0.1, 0.15) is 27.7 Å². The second-order valence-electron chi connectivity index (χ2n) is 7.90. The Morgan fingerprint density at radius 3 is 2.62 bits per heavy atom. The number of anilines is 1. The van der Waals surface area contributed by atoms with Crippen molar-refractivity contribution in [1.82, 2.24) is 4.98 Å². The first-order valence-corrected chi connectivity index (χ1v) is 9.95. The van der Waals surface area contributed by atoms with Gasteiger partial charge in [0.25, 0.3) is 0 Å². The van der Waals surface area contributed by atoms with E-state index < -0.39 is 22.4 Å². The highest BCUT2D eigenvalue weighted by Crippen LogP contribution is 2.33. The number of benzene rings is 1. The largest absolute Gasteiger partial charge is 0.468 e. The number of carbonyl (C=O) groups excluding carboxylic acids is 1. The van der Waals surface area contributed by atoms with Gasteiger partial charge in [-0.1, -0.05) is 0 Å². The van der Waals surface area contributed by atoms with Gasteiger partial charge in [-0.05, 0) is 74.0 Å². The van der Waals surface area contributed by atoms with E-state index in [1.54, 1.807) is 51.1 Å². The SMILES string of the molecule is CCOCOc1ccc2oc(-c3ccc(N(C)C(=O)OC(C)(C)C)c([N+](=O)[O-])n3)cc2c1. The number of ether oxygens (including phenoxy) is 3. The normalized spacial score (nSPS) is 11.4. The Morgan fingerprint density at radius 1 is 1.22 bits per heavy atom. The molecule has 0 unspecified atom stereocenters. The van der Waals surface area contributed by atoms with Crippen LogP contribution in [-0.2, 0) is 9.47 Å². The average molecular weight is 443 g/mol. The molecular weight excluding hydrogens is 418 g/mol.